The second-order valence-electron chi connectivity index (χ2n) is 2.28. The van der Waals surface area contributed by atoms with E-state index in [2.05, 4.69) is 4.98 Å². The maximum atomic E-state index is 8.55. The van der Waals surface area contributed by atoms with Crippen LogP contribution >= 0.6 is 11.8 Å². The summed E-state index contributed by atoms with van der Waals surface area (Å²) in [5.74, 6) is 1.44. The minimum atomic E-state index is 0.316. The van der Waals surface area contributed by atoms with Gasteiger partial charge in [0.05, 0.1) is 6.33 Å². The fourth-order valence-electron chi connectivity index (χ4n) is 0.846. The van der Waals surface area contributed by atoms with Crippen LogP contribution in [0.1, 0.15) is 5.69 Å². The maximum absolute atomic E-state index is 8.55. The van der Waals surface area contributed by atoms with Crippen molar-refractivity contribution in [1.82, 2.24) is 9.55 Å². The molecule has 0 aliphatic carbocycles. The Bertz CT molecular complexity index is 299. The number of hydrogen-bond acceptors (Lipinski definition) is 4. The second kappa shape index (κ2) is 4.02. The minimum absolute atomic E-state index is 0.316. The summed E-state index contributed by atoms with van der Waals surface area (Å²) in [6.07, 6.45) is 3.63. The highest BCUT2D eigenvalue weighted by atomic mass is 32.2. The Balaban J connectivity index is 2.75. The van der Waals surface area contributed by atoms with Gasteiger partial charge in [0.25, 0.3) is 0 Å². The number of anilines is 1. The van der Waals surface area contributed by atoms with Crippen LogP contribution < -0.4 is 5.73 Å². The Kier molecular flexibility index (Phi) is 3.00. The van der Waals surface area contributed by atoms with E-state index in [1.54, 1.807) is 22.7 Å². The molecular weight excluding hydrogens is 172 g/mol. The molecule has 5 heteroatoms. The zero-order chi connectivity index (χ0) is 8.97. The Morgan fingerprint density at radius 2 is 2.58 bits per heavy atom. The number of nitrogen functional groups attached to an aromatic ring is 1. The van der Waals surface area contributed by atoms with E-state index >= 15 is 0 Å². The number of aromatic nitrogens is 2. The Labute approximate surface area is 75.4 Å². The van der Waals surface area contributed by atoms with Gasteiger partial charge in [0.15, 0.2) is 5.69 Å². The van der Waals surface area contributed by atoms with E-state index in [0.717, 1.165) is 12.3 Å². The van der Waals surface area contributed by atoms with Gasteiger partial charge in [0.2, 0.25) is 0 Å². The van der Waals surface area contributed by atoms with Crippen LogP contribution in [0, 0.1) is 11.3 Å². The van der Waals surface area contributed by atoms with Gasteiger partial charge in [-0.15, -0.1) is 0 Å². The highest BCUT2D eigenvalue weighted by Gasteiger charge is 2.04. The summed E-state index contributed by atoms with van der Waals surface area (Å²) in [7, 11) is 0. The molecular formula is C7H10N4S. The molecule has 0 aromatic carbocycles. The third-order valence-electron chi connectivity index (χ3n) is 1.52. The second-order valence-corrected chi connectivity index (χ2v) is 3.26. The van der Waals surface area contributed by atoms with E-state index in [-0.39, 0.29) is 0 Å². The molecule has 0 aliphatic heterocycles. The van der Waals surface area contributed by atoms with Crippen molar-refractivity contribution in [3.05, 3.63) is 12.0 Å². The van der Waals surface area contributed by atoms with Crippen molar-refractivity contribution in [3.63, 3.8) is 0 Å². The van der Waals surface area contributed by atoms with Crippen molar-refractivity contribution in [3.8, 4) is 6.07 Å². The van der Waals surface area contributed by atoms with Gasteiger partial charge in [-0.05, 0) is 6.26 Å². The lowest BCUT2D eigenvalue weighted by Crippen LogP contribution is -2.03. The summed E-state index contributed by atoms with van der Waals surface area (Å²) in [4.78, 5) is 3.85. The topological polar surface area (TPSA) is 67.6 Å². The first kappa shape index (κ1) is 8.94. The number of rotatable bonds is 3. The van der Waals surface area contributed by atoms with Crippen LogP contribution in [0.2, 0.25) is 0 Å². The van der Waals surface area contributed by atoms with Gasteiger partial charge in [-0.2, -0.15) is 17.0 Å². The number of nitriles is 1. The van der Waals surface area contributed by atoms with E-state index in [9.17, 15) is 0 Å². The first-order chi connectivity index (χ1) is 5.79. The van der Waals surface area contributed by atoms with Gasteiger partial charge in [0.1, 0.15) is 11.9 Å². The zero-order valence-electron chi connectivity index (χ0n) is 6.82. The van der Waals surface area contributed by atoms with Crippen LogP contribution in [0.25, 0.3) is 0 Å². The molecule has 1 aromatic heterocycles. The molecule has 1 rings (SSSR count). The van der Waals surface area contributed by atoms with E-state index in [4.69, 9.17) is 11.0 Å². The number of hydrogen-bond donors (Lipinski definition) is 1. The molecule has 0 atom stereocenters. The van der Waals surface area contributed by atoms with Crippen LogP contribution in [-0.2, 0) is 6.54 Å². The molecule has 2 N–H and O–H groups in total. The fourth-order valence-corrected chi connectivity index (χ4v) is 1.23. The van der Waals surface area contributed by atoms with Crippen LogP contribution in [0.4, 0.5) is 5.82 Å². The zero-order valence-corrected chi connectivity index (χ0v) is 7.64. The number of nitrogens with two attached hydrogens (primary N) is 1. The van der Waals surface area contributed by atoms with Crippen molar-refractivity contribution in [2.75, 3.05) is 17.7 Å². The molecule has 0 radical (unpaired) electrons. The summed E-state index contributed by atoms with van der Waals surface area (Å²) in [6.45, 7) is 0.807. The molecule has 0 fully saturated rings. The number of aryl methyl sites for hydroxylation is 1. The van der Waals surface area contributed by atoms with Crippen molar-refractivity contribution in [2.24, 2.45) is 0 Å². The van der Waals surface area contributed by atoms with Gasteiger partial charge in [0, 0.05) is 12.3 Å². The summed E-state index contributed by atoms with van der Waals surface area (Å²) in [5, 5.41) is 8.55. The SMILES string of the molecule is CSCCn1cnc(C#N)c1N. The maximum Gasteiger partial charge on any atom is 0.182 e. The average molecular weight is 182 g/mol. The molecule has 0 saturated heterocycles. The predicted molar refractivity (Wildman–Crippen MR) is 49.7 cm³/mol. The highest BCUT2D eigenvalue weighted by Crippen LogP contribution is 2.08. The summed E-state index contributed by atoms with van der Waals surface area (Å²) in [5.41, 5.74) is 5.94. The van der Waals surface area contributed by atoms with Crippen molar-refractivity contribution in [2.45, 2.75) is 6.54 Å². The van der Waals surface area contributed by atoms with Gasteiger partial charge in [-0.25, -0.2) is 4.98 Å². The van der Waals surface area contributed by atoms with E-state index in [0.29, 0.717) is 11.5 Å². The van der Waals surface area contributed by atoms with E-state index in [1.165, 1.54) is 0 Å². The van der Waals surface area contributed by atoms with E-state index < -0.39 is 0 Å². The lowest BCUT2D eigenvalue weighted by atomic mass is 10.5. The quantitative estimate of drug-likeness (QED) is 0.747. The molecule has 0 unspecified atom stereocenters. The smallest absolute Gasteiger partial charge is 0.182 e. The molecule has 0 saturated carbocycles. The number of thioether (sulfide) groups is 1. The molecule has 1 heterocycles. The van der Waals surface area contributed by atoms with Crippen LogP contribution in [0.15, 0.2) is 6.33 Å². The molecule has 64 valence electrons. The molecule has 1 aromatic rings. The monoisotopic (exact) mass is 182 g/mol. The third-order valence-corrected chi connectivity index (χ3v) is 2.11. The Morgan fingerprint density at radius 3 is 3.08 bits per heavy atom. The first-order valence-electron chi connectivity index (χ1n) is 3.49. The first-order valence-corrected chi connectivity index (χ1v) is 4.88. The van der Waals surface area contributed by atoms with Crippen molar-refractivity contribution >= 4 is 17.6 Å². The molecule has 0 bridgehead atoms. The largest absolute Gasteiger partial charge is 0.383 e. The minimum Gasteiger partial charge on any atom is -0.383 e. The molecule has 4 nitrogen and oxygen atoms in total. The predicted octanol–water partition coefficient (Wildman–Crippen LogP) is 0.700. The van der Waals surface area contributed by atoms with Crippen molar-refractivity contribution in [1.29, 1.82) is 5.26 Å². The van der Waals surface area contributed by atoms with Crippen LogP contribution in [0.3, 0.4) is 0 Å². The summed E-state index contributed by atoms with van der Waals surface area (Å²) >= 11 is 1.73. The Hall–Kier alpha value is -1.15. The molecule has 0 aliphatic rings. The lowest BCUT2D eigenvalue weighted by Gasteiger charge is -2.01. The normalized spacial score (nSPS) is 9.67. The lowest BCUT2D eigenvalue weighted by molar-refractivity contribution is 0.781. The van der Waals surface area contributed by atoms with E-state index in [1.807, 2.05) is 12.3 Å². The summed E-state index contributed by atoms with van der Waals surface area (Å²) < 4.78 is 1.79. The highest BCUT2D eigenvalue weighted by molar-refractivity contribution is 7.98. The third kappa shape index (κ3) is 1.71. The summed E-state index contributed by atoms with van der Waals surface area (Å²) in [6, 6.07) is 1.93. The van der Waals surface area contributed by atoms with Crippen molar-refractivity contribution < 1.29 is 0 Å². The molecule has 0 spiro atoms. The Morgan fingerprint density at radius 1 is 1.83 bits per heavy atom. The number of imidazole rings is 1. The number of nitrogens with zero attached hydrogens (tertiary/aromatic N) is 3. The van der Waals surface area contributed by atoms with Gasteiger partial charge >= 0.3 is 0 Å². The molecule has 12 heavy (non-hydrogen) atoms. The average Bonchev–Trinajstić information content (AvgIpc) is 2.43. The van der Waals surface area contributed by atoms with Gasteiger partial charge in [-0.3, -0.25) is 0 Å². The van der Waals surface area contributed by atoms with Crippen LogP contribution in [0.5, 0.6) is 0 Å². The fraction of sp³-hybridized carbons (Fsp3) is 0.429. The van der Waals surface area contributed by atoms with Gasteiger partial charge < -0.3 is 10.3 Å². The van der Waals surface area contributed by atoms with Crippen LogP contribution in [-0.4, -0.2) is 21.6 Å². The van der Waals surface area contributed by atoms with Gasteiger partial charge in [-0.1, -0.05) is 0 Å². The standard InChI is InChI=1S/C7H10N4S/c1-12-3-2-11-5-10-6(4-8)7(11)9/h5H,2-3,9H2,1H3. The molecule has 0 amide bonds.